The topological polar surface area (TPSA) is 126 Å². The molecule has 1 N–H and O–H groups in total. The van der Waals surface area contributed by atoms with E-state index in [2.05, 4.69) is 10.3 Å². The van der Waals surface area contributed by atoms with E-state index < -0.39 is 43.8 Å². The smallest absolute Gasteiger partial charge is 0.449 e. The first-order valence-corrected chi connectivity index (χ1v) is 12.8. The Morgan fingerprint density at radius 3 is 2.41 bits per heavy atom. The molecule has 1 aliphatic carbocycles. The summed E-state index contributed by atoms with van der Waals surface area (Å²) in [5, 5.41) is 2.47. The number of benzene rings is 1. The highest BCUT2D eigenvalue weighted by atomic mass is 32.2. The van der Waals surface area contributed by atoms with E-state index in [1.807, 2.05) is 6.92 Å². The monoisotopic (exact) mass is 540 g/mol. The summed E-state index contributed by atoms with van der Waals surface area (Å²) < 4.78 is 67.0. The predicted molar refractivity (Wildman–Crippen MR) is 126 cm³/mol. The SMILES string of the molecule is CCCCOC(=O)Nc1cc(N2C(=O)N(c3ccc(S(=O)(=O)C(F)(F)F)cc3)C(=O)C23CC3C)ccn1. The lowest BCUT2D eigenvalue weighted by atomic mass is 10.1. The van der Waals surface area contributed by atoms with Crippen LogP contribution in [-0.4, -0.2) is 49.1 Å². The van der Waals surface area contributed by atoms with Gasteiger partial charge in [-0.2, -0.15) is 13.2 Å². The molecule has 1 aromatic heterocycles. The molecule has 10 nitrogen and oxygen atoms in total. The van der Waals surface area contributed by atoms with Crippen LogP contribution < -0.4 is 15.1 Å². The van der Waals surface area contributed by atoms with Crippen molar-refractivity contribution in [2.75, 3.05) is 21.7 Å². The van der Waals surface area contributed by atoms with Gasteiger partial charge in [0.15, 0.2) is 0 Å². The molecule has 0 bridgehead atoms. The number of ether oxygens (including phenoxy) is 1. The van der Waals surface area contributed by atoms with Crippen LogP contribution in [0.3, 0.4) is 0 Å². The summed E-state index contributed by atoms with van der Waals surface area (Å²) in [6.45, 7) is 3.93. The van der Waals surface area contributed by atoms with Crippen LogP contribution >= 0.6 is 0 Å². The Morgan fingerprint density at radius 2 is 1.84 bits per heavy atom. The summed E-state index contributed by atoms with van der Waals surface area (Å²) in [5.41, 5.74) is -6.54. The molecule has 0 radical (unpaired) electrons. The van der Waals surface area contributed by atoms with Gasteiger partial charge in [-0.3, -0.25) is 15.0 Å². The zero-order valence-electron chi connectivity index (χ0n) is 19.8. The summed E-state index contributed by atoms with van der Waals surface area (Å²) in [5.74, 6) is -0.744. The van der Waals surface area contributed by atoms with Gasteiger partial charge < -0.3 is 4.74 Å². The van der Waals surface area contributed by atoms with Crippen LogP contribution in [0.4, 0.5) is 40.0 Å². The third-order valence-electron chi connectivity index (χ3n) is 6.30. The summed E-state index contributed by atoms with van der Waals surface area (Å²) in [7, 11) is -5.59. The van der Waals surface area contributed by atoms with Crippen LogP contribution in [0.15, 0.2) is 47.5 Å². The number of nitrogens with one attached hydrogen (secondary N) is 1. The number of sulfone groups is 1. The number of unbranched alkanes of at least 4 members (excludes halogenated alkanes) is 1. The van der Waals surface area contributed by atoms with Crippen molar-refractivity contribution in [2.24, 2.45) is 5.92 Å². The van der Waals surface area contributed by atoms with Gasteiger partial charge in [-0.1, -0.05) is 20.3 Å². The largest absolute Gasteiger partial charge is 0.501 e. The molecule has 4 rings (SSSR count). The van der Waals surface area contributed by atoms with E-state index in [1.165, 1.54) is 23.2 Å². The average Bonchev–Trinajstić information content (AvgIpc) is 3.44. The minimum absolute atomic E-state index is 0.0796. The highest BCUT2D eigenvalue weighted by Crippen LogP contribution is 2.55. The van der Waals surface area contributed by atoms with Gasteiger partial charge in [0.25, 0.3) is 15.7 Å². The first-order chi connectivity index (χ1) is 17.3. The highest BCUT2D eigenvalue weighted by molar-refractivity contribution is 7.92. The Kier molecular flexibility index (Phi) is 6.65. The van der Waals surface area contributed by atoms with Crippen LogP contribution in [0.25, 0.3) is 0 Å². The fourth-order valence-corrected chi connectivity index (χ4v) is 4.98. The molecule has 1 saturated carbocycles. The number of halogens is 3. The van der Waals surface area contributed by atoms with Gasteiger partial charge in [0.2, 0.25) is 0 Å². The molecule has 2 fully saturated rings. The van der Waals surface area contributed by atoms with Crippen LogP contribution in [0.2, 0.25) is 0 Å². The van der Waals surface area contributed by atoms with Crippen LogP contribution in [0.1, 0.15) is 33.1 Å². The van der Waals surface area contributed by atoms with Gasteiger partial charge in [-0.15, -0.1) is 0 Å². The molecular formula is C23H23F3N4O6S. The number of hydrogen-bond donors (Lipinski definition) is 1. The van der Waals surface area contributed by atoms with Crippen LogP contribution in [0.5, 0.6) is 0 Å². The van der Waals surface area contributed by atoms with Gasteiger partial charge in [0.05, 0.1) is 22.9 Å². The average molecular weight is 541 g/mol. The molecule has 37 heavy (non-hydrogen) atoms. The predicted octanol–water partition coefficient (Wildman–Crippen LogP) is 4.48. The fraction of sp³-hybridized carbons (Fsp3) is 0.391. The maximum atomic E-state index is 13.5. The lowest BCUT2D eigenvalue weighted by Gasteiger charge is -2.22. The van der Waals surface area contributed by atoms with Crippen molar-refractivity contribution >= 4 is 45.1 Å². The van der Waals surface area contributed by atoms with Gasteiger partial charge in [0.1, 0.15) is 11.4 Å². The summed E-state index contributed by atoms with van der Waals surface area (Å²) in [4.78, 5) is 44.0. The van der Waals surface area contributed by atoms with Crippen molar-refractivity contribution in [3.63, 3.8) is 0 Å². The number of urea groups is 1. The Balaban J connectivity index is 1.62. The fourth-order valence-electron chi connectivity index (χ4n) is 4.22. The molecule has 2 unspecified atom stereocenters. The minimum atomic E-state index is -5.59. The highest BCUT2D eigenvalue weighted by Gasteiger charge is 2.70. The first-order valence-electron chi connectivity index (χ1n) is 11.3. The second kappa shape index (κ2) is 9.32. The summed E-state index contributed by atoms with van der Waals surface area (Å²) in [6, 6.07) is 5.46. The zero-order chi connectivity index (χ0) is 27.2. The number of pyridine rings is 1. The van der Waals surface area contributed by atoms with E-state index in [0.29, 0.717) is 25.0 Å². The lowest BCUT2D eigenvalue weighted by Crippen LogP contribution is -2.39. The number of hydrogen-bond acceptors (Lipinski definition) is 7. The van der Waals surface area contributed by atoms with Gasteiger partial charge in [-0.25, -0.2) is 27.9 Å². The second-order valence-corrected chi connectivity index (χ2v) is 10.7. The van der Waals surface area contributed by atoms with Crippen molar-refractivity contribution in [1.29, 1.82) is 0 Å². The van der Waals surface area contributed by atoms with Gasteiger partial charge >= 0.3 is 17.6 Å². The Morgan fingerprint density at radius 1 is 1.19 bits per heavy atom. The molecule has 2 heterocycles. The van der Waals surface area contributed by atoms with E-state index in [1.54, 1.807) is 6.92 Å². The maximum Gasteiger partial charge on any atom is 0.501 e. The first kappa shape index (κ1) is 26.4. The maximum absolute atomic E-state index is 13.5. The number of nitrogens with zero attached hydrogens (tertiary/aromatic N) is 3. The van der Waals surface area contributed by atoms with Crippen molar-refractivity contribution in [2.45, 2.75) is 49.1 Å². The van der Waals surface area contributed by atoms with E-state index in [0.717, 1.165) is 23.5 Å². The Labute approximate surface area is 210 Å². The van der Waals surface area contributed by atoms with Crippen molar-refractivity contribution < 1.29 is 40.7 Å². The zero-order valence-corrected chi connectivity index (χ0v) is 20.6. The van der Waals surface area contributed by atoms with Gasteiger partial charge in [-0.05, 0) is 49.1 Å². The van der Waals surface area contributed by atoms with Crippen LogP contribution in [0, 0.1) is 5.92 Å². The molecular weight excluding hydrogens is 517 g/mol. The molecule has 4 amide bonds. The van der Waals surface area contributed by atoms with Crippen molar-refractivity contribution in [3.05, 3.63) is 42.6 Å². The third kappa shape index (κ3) is 4.49. The number of rotatable bonds is 7. The van der Waals surface area contributed by atoms with E-state index in [9.17, 15) is 36.0 Å². The molecule has 2 aliphatic rings. The van der Waals surface area contributed by atoms with Crippen molar-refractivity contribution in [1.82, 2.24) is 4.98 Å². The normalized spacial score (nSPS) is 21.5. The molecule has 1 saturated heterocycles. The lowest BCUT2D eigenvalue weighted by molar-refractivity contribution is -0.119. The molecule has 1 aromatic carbocycles. The van der Waals surface area contributed by atoms with Crippen molar-refractivity contribution in [3.8, 4) is 0 Å². The van der Waals surface area contributed by atoms with Gasteiger partial charge in [0, 0.05) is 12.3 Å². The molecule has 198 valence electrons. The standard InChI is InChI=1S/C23H23F3N4O6S/c1-3-4-11-36-20(32)28-18-12-16(9-10-27-18)30-21(33)29(19(31)22(30)13-14(22)2)15-5-7-17(8-6-15)37(34,35)23(24,25)26/h5-10,12,14H,3-4,11,13H2,1-2H3,(H,27,28,32). The number of imide groups is 1. The number of anilines is 3. The minimum Gasteiger partial charge on any atom is -0.449 e. The van der Waals surface area contributed by atoms with E-state index >= 15 is 0 Å². The number of carbonyl (C=O) groups is 3. The second-order valence-electron chi connectivity index (χ2n) is 8.74. The Bertz CT molecular complexity index is 1350. The molecule has 14 heteroatoms. The van der Waals surface area contributed by atoms with Crippen LogP contribution in [-0.2, 0) is 19.4 Å². The van der Waals surface area contributed by atoms with E-state index in [4.69, 9.17) is 4.74 Å². The molecule has 2 aromatic rings. The summed E-state index contributed by atoms with van der Waals surface area (Å²) in [6.07, 6.45) is 2.47. The summed E-state index contributed by atoms with van der Waals surface area (Å²) >= 11 is 0. The number of aromatic nitrogens is 1. The molecule has 2 atom stereocenters. The third-order valence-corrected chi connectivity index (χ3v) is 7.80. The number of alkyl halides is 3. The molecule has 1 aliphatic heterocycles. The Hall–Kier alpha value is -3.68. The van der Waals surface area contributed by atoms with E-state index in [-0.39, 0.29) is 29.7 Å². The number of carbonyl (C=O) groups excluding carboxylic acids is 3. The quantitative estimate of drug-likeness (QED) is 0.406. The number of amides is 4. The molecule has 1 spiro atoms.